The number of rotatable bonds is 5. The van der Waals surface area contributed by atoms with Crippen molar-refractivity contribution < 1.29 is 14.3 Å². The number of fused-ring (bicyclic) bond motifs is 1. The molecule has 0 aliphatic rings. The van der Waals surface area contributed by atoms with Crippen molar-refractivity contribution in [2.45, 2.75) is 0 Å². The van der Waals surface area contributed by atoms with Gasteiger partial charge in [0.1, 0.15) is 19.0 Å². The van der Waals surface area contributed by atoms with Crippen LogP contribution in [0.5, 0.6) is 5.75 Å². The van der Waals surface area contributed by atoms with E-state index in [0.29, 0.717) is 5.02 Å². The Bertz CT molecular complexity index is 835. The van der Waals surface area contributed by atoms with Crippen LogP contribution in [0.1, 0.15) is 10.4 Å². The van der Waals surface area contributed by atoms with Gasteiger partial charge in [-0.3, -0.25) is 4.98 Å². The van der Waals surface area contributed by atoms with Gasteiger partial charge in [0.05, 0.1) is 10.6 Å². The Labute approximate surface area is 138 Å². The van der Waals surface area contributed by atoms with Crippen molar-refractivity contribution in [3.05, 3.63) is 71.5 Å². The maximum Gasteiger partial charge on any atom is 0.341 e. The van der Waals surface area contributed by atoms with E-state index in [1.807, 2.05) is 42.5 Å². The van der Waals surface area contributed by atoms with Crippen LogP contribution in [0, 0.1) is 0 Å². The topological polar surface area (TPSA) is 48.4 Å². The third-order valence-electron chi connectivity index (χ3n) is 3.29. The lowest BCUT2D eigenvalue weighted by molar-refractivity contribution is 0.0450. The molecular weight excluding hydrogens is 314 g/mol. The first-order valence-corrected chi connectivity index (χ1v) is 7.50. The maximum atomic E-state index is 11.8. The molecule has 4 nitrogen and oxygen atoms in total. The Morgan fingerprint density at radius 2 is 1.87 bits per heavy atom. The summed E-state index contributed by atoms with van der Waals surface area (Å²) in [6.45, 7) is 0.402. The number of halogens is 1. The first-order valence-electron chi connectivity index (χ1n) is 7.12. The molecule has 23 heavy (non-hydrogen) atoms. The van der Waals surface area contributed by atoms with Crippen molar-refractivity contribution in [1.82, 2.24) is 4.98 Å². The fourth-order valence-electron chi connectivity index (χ4n) is 2.16. The molecular formula is C18H14ClNO3. The molecule has 0 aliphatic heterocycles. The molecule has 1 heterocycles. The van der Waals surface area contributed by atoms with Crippen LogP contribution in [-0.2, 0) is 4.74 Å². The predicted octanol–water partition coefficient (Wildman–Crippen LogP) is 4.12. The minimum absolute atomic E-state index is 0.136. The van der Waals surface area contributed by atoms with Crippen molar-refractivity contribution in [2.75, 3.05) is 13.2 Å². The van der Waals surface area contributed by atoms with Crippen molar-refractivity contribution >= 4 is 28.3 Å². The minimum atomic E-state index is -0.509. The summed E-state index contributed by atoms with van der Waals surface area (Å²) in [5, 5.41) is 2.57. The molecule has 0 saturated heterocycles. The Morgan fingerprint density at radius 1 is 1.04 bits per heavy atom. The van der Waals surface area contributed by atoms with Crippen LogP contribution >= 0.6 is 11.6 Å². The number of aromatic nitrogens is 1. The summed E-state index contributed by atoms with van der Waals surface area (Å²) in [4.78, 5) is 15.7. The van der Waals surface area contributed by atoms with Gasteiger partial charge in [0, 0.05) is 12.4 Å². The van der Waals surface area contributed by atoms with Gasteiger partial charge in [-0.25, -0.2) is 4.79 Å². The summed E-state index contributed by atoms with van der Waals surface area (Å²) in [6.07, 6.45) is 2.90. The highest BCUT2D eigenvalue weighted by atomic mass is 35.5. The molecule has 3 rings (SSSR count). The van der Waals surface area contributed by atoms with Crippen LogP contribution in [0.25, 0.3) is 10.8 Å². The van der Waals surface area contributed by atoms with E-state index in [-0.39, 0.29) is 18.8 Å². The highest BCUT2D eigenvalue weighted by Gasteiger charge is 2.11. The first kappa shape index (κ1) is 15.3. The lowest BCUT2D eigenvalue weighted by Gasteiger charge is -2.08. The summed E-state index contributed by atoms with van der Waals surface area (Å²) in [5.74, 6) is 0.226. The van der Waals surface area contributed by atoms with Gasteiger partial charge in [-0.15, -0.1) is 0 Å². The maximum absolute atomic E-state index is 11.8. The van der Waals surface area contributed by atoms with E-state index in [4.69, 9.17) is 21.1 Å². The fourth-order valence-corrected chi connectivity index (χ4v) is 2.34. The number of carbonyl (C=O) groups is 1. The third kappa shape index (κ3) is 3.79. The van der Waals surface area contributed by atoms with Crippen LogP contribution in [0.2, 0.25) is 5.02 Å². The van der Waals surface area contributed by atoms with Crippen molar-refractivity contribution in [2.24, 2.45) is 0 Å². The smallest absolute Gasteiger partial charge is 0.341 e. The number of esters is 1. The van der Waals surface area contributed by atoms with Gasteiger partial charge in [0.25, 0.3) is 0 Å². The normalized spacial score (nSPS) is 10.5. The largest absolute Gasteiger partial charge is 0.490 e. The molecule has 116 valence electrons. The molecule has 0 fully saturated rings. The Kier molecular flexibility index (Phi) is 4.74. The fraction of sp³-hybridized carbons (Fsp3) is 0.111. The molecule has 0 N–H and O–H groups in total. The molecule has 0 bridgehead atoms. The number of benzene rings is 2. The van der Waals surface area contributed by atoms with Crippen LogP contribution in [0.15, 0.2) is 60.9 Å². The van der Waals surface area contributed by atoms with Crippen molar-refractivity contribution in [1.29, 1.82) is 0 Å². The number of hydrogen-bond acceptors (Lipinski definition) is 4. The molecule has 0 unspecified atom stereocenters. The van der Waals surface area contributed by atoms with Gasteiger partial charge in [-0.05, 0) is 29.0 Å². The Hall–Kier alpha value is -2.59. The van der Waals surface area contributed by atoms with E-state index >= 15 is 0 Å². The molecule has 0 radical (unpaired) electrons. The summed E-state index contributed by atoms with van der Waals surface area (Å²) in [5.41, 5.74) is 0.250. The van der Waals surface area contributed by atoms with E-state index in [1.54, 1.807) is 6.07 Å². The summed E-state index contributed by atoms with van der Waals surface area (Å²) in [7, 11) is 0. The number of nitrogens with zero attached hydrogens (tertiary/aromatic N) is 1. The Morgan fingerprint density at radius 3 is 2.70 bits per heavy atom. The number of ether oxygens (including phenoxy) is 2. The number of hydrogen-bond donors (Lipinski definition) is 0. The number of carbonyl (C=O) groups excluding carboxylic acids is 1. The molecule has 2 aromatic carbocycles. The lowest BCUT2D eigenvalue weighted by Crippen LogP contribution is -2.13. The van der Waals surface area contributed by atoms with Gasteiger partial charge in [0.2, 0.25) is 0 Å². The van der Waals surface area contributed by atoms with Gasteiger partial charge >= 0.3 is 5.97 Å². The molecule has 5 heteroatoms. The number of pyridine rings is 1. The lowest BCUT2D eigenvalue weighted by atomic mass is 10.1. The summed E-state index contributed by atoms with van der Waals surface area (Å²) in [6, 6.07) is 15.4. The molecule has 0 spiro atoms. The predicted molar refractivity (Wildman–Crippen MR) is 89.0 cm³/mol. The molecule has 0 aliphatic carbocycles. The SMILES string of the molecule is O=C(OCCOc1ccc2ccccc2c1)c1cnccc1Cl. The van der Waals surface area contributed by atoms with Crippen LogP contribution < -0.4 is 4.74 Å². The van der Waals surface area contributed by atoms with E-state index in [1.165, 1.54) is 12.4 Å². The molecule has 0 atom stereocenters. The average Bonchev–Trinajstić information content (AvgIpc) is 2.59. The van der Waals surface area contributed by atoms with Crippen LogP contribution in [-0.4, -0.2) is 24.2 Å². The van der Waals surface area contributed by atoms with Crippen molar-refractivity contribution in [3.63, 3.8) is 0 Å². The van der Waals surface area contributed by atoms with E-state index in [2.05, 4.69) is 4.98 Å². The zero-order valence-corrected chi connectivity index (χ0v) is 13.0. The quantitative estimate of drug-likeness (QED) is 0.522. The van der Waals surface area contributed by atoms with E-state index < -0.39 is 5.97 Å². The summed E-state index contributed by atoms with van der Waals surface area (Å²) >= 11 is 5.91. The second-order valence-electron chi connectivity index (χ2n) is 4.85. The van der Waals surface area contributed by atoms with Crippen molar-refractivity contribution in [3.8, 4) is 5.75 Å². The average molecular weight is 328 g/mol. The zero-order valence-electron chi connectivity index (χ0n) is 12.2. The first-order chi connectivity index (χ1) is 11.2. The standard InChI is InChI=1S/C18H14ClNO3/c19-17-7-8-20-12-16(17)18(21)23-10-9-22-15-6-5-13-3-1-2-4-14(13)11-15/h1-8,11-12H,9-10H2. The summed E-state index contributed by atoms with van der Waals surface area (Å²) < 4.78 is 10.7. The van der Waals surface area contributed by atoms with Gasteiger partial charge < -0.3 is 9.47 Å². The van der Waals surface area contributed by atoms with Crippen LogP contribution in [0.3, 0.4) is 0 Å². The van der Waals surface area contributed by atoms with E-state index in [0.717, 1.165) is 16.5 Å². The minimum Gasteiger partial charge on any atom is -0.490 e. The molecule has 3 aromatic rings. The highest BCUT2D eigenvalue weighted by molar-refractivity contribution is 6.33. The van der Waals surface area contributed by atoms with Crippen LogP contribution in [0.4, 0.5) is 0 Å². The molecule has 0 amide bonds. The molecule has 0 saturated carbocycles. The Balaban J connectivity index is 1.53. The highest BCUT2D eigenvalue weighted by Crippen LogP contribution is 2.20. The second-order valence-corrected chi connectivity index (χ2v) is 5.26. The zero-order chi connectivity index (χ0) is 16.1. The monoisotopic (exact) mass is 327 g/mol. The molecule has 1 aromatic heterocycles. The van der Waals surface area contributed by atoms with Gasteiger partial charge in [0.15, 0.2) is 0 Å². The second kappa shape index (κ2) is 7.11. The van der Waals surface area contributed by atoms with E-state index in [9.17, 15) is 4.79 Å². The van der Waals surface area contributed by atoms with Gasteiger partial charge in [-0.1, -0.05) is 41.9 Å². The third-order valence-corrected chi connectivity index (χ3v) is 3.62. The van der Waals surface area contributed by atoms with Gasteiger partial charge in [-0.2, -0.15) is 0 Å².